The third-order valence-electron chi connectivity index (χ3n) is 4.61. The number of likely N-dealkylation sites (tertiary alicyclic amines) is 1. The highest BCUT2D eigenvalue weighted by Gasteiger charge is 2.31. The van der Waals surface area contributed by atoms with Crippen molar-refractivity contribution in [2.45, 2.75) is 38.5 Å². The van der Waals surface area contributed by atoms with Crippen molar-refractivity contribution < 1.29 is 9.32 Å². The molecular weight excluding hydrogens is 292 g/mol. The SMILES string of the molecule is Cc1ccc(C(=O)N2CCC(Cc3noc(C4CC4)n3)C2)cn1. The zero-order chi connectivity index (χ0) is 15.8. The molecule has 6 nitrogen and oxygen atoms in total. The number of carbonyl (C=O) groups is 1. The lowest BCUT2D eigenvalue weighted by molar-refractivity contribution is 0.0786. The fourth-order valence-electron chi connectivity index (χ4n) is 3.07. The maximum atomic E-state index is 12.5. The van der Waals surface area contributed by atoms with Gasteiger partial charge in [-0.05, 0) is 44.2 Å². The van der Waals surface area contributed by atoms with Crippen LogP contribution in [0.2, 0.25) is 0 Å². The summed E-state index contributed by atoms with van der Waals surface area (Å²) in [6.07, 6.45) is 5.76. The van der Waals surface area contributed by atoms with Crippen LogP contribution in [0.5, 0.6) is 0 Å². The molecule has 1 saturated carbocycles. The van der Waals surface area contributed by atoms with E-state index in [4.69, 9.17) is 4.52 Å². The molecule has 1 aliphatic carbocycles. The van der Waals surface area contributed by atoms with Crippen LogP contribution in [0.25, 0.3) is 0 Å². The van der Waals surface area contributed by atoms with Gasteiger partial charge in [0.05, 0.1) is 5.56 Å². The van der Waals surface area contributed by atoms with Gasteiger partial charge in [-0.15, -0.1) is 0 Å². The molecule has 0 spiro atoms. The Kier molecular flexibility index (Phi) is 3.59. The summed E-state index contributed by atoms with van der Waals surface area (Å²) in [6.45, 7) is 3.45. The number of nitrogens with zero attached hydrogens (tertiary/aromatic N) is 4. The molecule has 120 valence electrons. The number of aryl methyl sites for hydroxylation is 1. The first-order valence-corrected chi connectivity index (χ1v) is 8.23. The van der Waals surface area contributed by atoms with E-state index >= 15 is 0 Å². The van der Waals surface area contributed by atoms with Gasteiger partial charge in [0.1, 0.15) is 0 Å². The Balaban J connectivity index is 1.36. The van der Waals surface area contributed by atoms with Crippen molar-refractivity contribution in [2.24, 2.45) is 5.92 Å². The molecule has 2 aromatic heterocycles. The Labute approximate surface area is 134 Å². The molecule has 2 aliphatic rings. The van der Waals surface area contributed by atoms with Crippen LogP contribution in [0.15, 0.2) is 22.9 Å². The van der Waals surface area contributed by atoms with Gasteiger partial charge in [-0.3, -0.25) is 9.78 Å². The van der Waals surface area contributed by atoms with E-state index in [1.54, 1.807) is 6.20 Å². The molecule has 0 bridgehead atoms. The van der Waals surface area contributed by atoms with E-state index < -0.39 is 0 Å². The minimum absolute atomic E-state index is 0.0618. The second-order valence-electron chi connectivity index (χ2n) is 6.62. The summed E-state index contributed by atoms with van der Waals surface area (Å²) >= 11 is 0. The monoisotopic (exact) mass is 312 g/mol. The first kappa shape index (κ1) is 14.4. The molecule has 1 amide bonds. The average molecular weight is 312 g/mol. The Hall–Kier alpha value is -2.24. The summed E-state index contributed by atoms with van der Waals surface area (Å²) in [4.78, 5) is 23.1. The average Bonchev–Trinajstić information content (AvgIpc) is 3.13. The number of aromatic nitrogens is 3. The maximum Gasteiger partial charge on any atom is 0.255 e. The topological polar surface area (TPSA) is 72.1 Å². The molecule has 3 heterocycles. The highest BCUT2D eigenvalue weighted by Crippen LogP contribution is 2.39. The highest BCUT2D eigenvalue weighted by atomic mass is 16.5. The quantitative estimate of drug-likeness (QED) is 0.866. The third kappa shape index (κ3) is 3.11. The van der Waals surface area contributed by atoms with E-state index in [0.717, 1.165) is 56.2 Å². The third-order valence-corrected chi connectivity index (χ3v) is 4.61. The van der Waals surface area contributed by atoms with E-state index in [2.05, 4.69) is 15.1 Å². The summed E-state index contributed by atoms with van der Waals surface area (Å²) in [5.41, 5.74) is 1.58. The van der Waals surface area contributed by atoms with Crippen LogP contribution < -0.4 is 0 Å². The van der Waals surface area contributed by atoms with Crippen LogP contribution in [0, 0.1) is 12.8 Å². The molecule has 0 radical (unpaired) electrons. The minimum atomic E-state index is 0.0618. The number of hydrogen-bond acceptors (Lipinski definition) is 5. The fraction of sp³-hybridized carbons (Fsp3) is 0.529. The first-order valence-electron chi connectivity index (χ1n) is 8.23. The number of amides is 1. The molecule has 1 atom stereocenters. The smallest absolute Gasteiger partial charge is 0.255 e. The Bertz CT molecular complexity index is 706. The summed E-state index contributed by atoms with van der Waals surface area (Å²) in [7, 11) is 0. The van der Waals surface area contributed by atoms with E-state index in [9.17, 15) is 4.79 Å². The van der Waals surface area contributed by atoms with Gasteiger partial charge in [0.2, 0.25) is 5.89 Å². The Morgan fingerprint density at radius 1 is 1.35 bits per heavy atom. The predicted molar refractivity (Wildman–Crippen MR) is 83.0 cm³/mol. The van der Waals surface area contributed by atoms with Crippen molar-refractivity contribution in [1.82, 2.24) is 20.0 Å². The molecule has 0 N–H and O–H groups in total. The molecule has 2 fully saturated rings. The van der Waals surface area contributed by atoms with Gasteiger partial charge < -0.3 is 9.42 Å². The highest BCUT2D eigenvalue weighted by molar-refractivity contribution is 5.94. The van der Waals surface area contributed by atoms with Crippen LogP contribution in [0.4, 0.5) is 0 Å². The summed E-state index contributed by atoms with van der Waals surface area (Å²) in [6, 6.07) is 3.72. The number of pyridine rings is 1. The molecule has 1 unspecified atom stereocenters. The van der Waals surface area contributed by atoms with Crippen LogP contribution in [0.3, 0.4) is 0 Å². The standard InChI is InChI=1S/C17H20N4O2/c1-11-2-3-14(9-18-11)17(22)21-7-6-12(10-21)8-15-19-16(23-20-15)13-4-5-13/h2-3,9,12-13H,4-8,10H2,1H3. The number of rotatable bonds is 4. The molecule has 0 aromatic carbocycles. The zero-order valence-corrected chi connectivity index (χ0v) is 13.2. The van der Waals surface area contributed by atoms with Crippen molar-refractivity contribution in [3.63, 3.8) is 0 Å². The molecule has 23 heavy (non-hydrogen) atoms. The normalized spacial score (nSPS) is 20.9. The first-order chi connectivity index (χ1) is 11.2. The van der Waals surface area contributed by atoms with Gasteiger partial charge in [0.25, 0.3) is 5.91 Å². The summed E-state index contributed by atoms with van der Waals surface area (Å²) < 4.78 is 5.30. The van der Waals surface area contributed by atoms with E-state index in [-0.39, 0.29) is 5.91 Å². The van der Waals surface area contributed by atoms with Crippen LogP contribution in [-0.4, -0.2) is 39.0 Å². The van der Waals surface area contributed by atoms with E-state index in [1.165, 1.54) is 0 Å². The van der Waals surface area contributed by atoms with E-state index in [0.29, 0.717) is 17.4 Å². The van der Waals surface area contributed by atoms with Crippen LogP contribution in [-0.2, 0) is 6.42 Å². The van der Waals surface area contributed by atoms with Crippen LogP contribution >= 0.6 is 0 Å². The van der Waals surface area contributed by atoms with Crippen molar-refractivity contribution in [3.8, 4) is 0 Å². The predicted octanol–water partition coefficient (Wildman–Crippen LogP) is 2.36. The zero-order valence-electron chi connectivity index (χ0n) is 13.2. The minimum Gasteiger partial charge on any atom is -0.339 e. The Morgan fingerprint density at radius 3 is 2.96 bits per heavy atom. The van der Waals surface area contributed by atoms with Crippen molar-refractivity contribution >= 4 is 5.91 Å². The van der Waals surface area contributed by atoms with Gasteiger partial charge in [-0.1, -0.05) is 5.16 Å². The van der Waals surface area contributed by atoms with Gasteiger partial charge >= 0.3 is 0 Å². The molecule has 4 rings (SSSR count). The molecule has 6 heteroatoms. The second kappa shape index (κ2) is 5.76. The van der Waals surface area contributed by atoms with Gasteiger partial charge in [0, 0.05) is 37.3 Å². The van der Waals surface area contributed by atoms with Gasteiger partial charge in [-0.25, -0.2) is 0 Å². The summed E-state index contributed by atoms with van der Waals surface area (Å²) in [5, 5.41) is 4.08. The van der Waals surface area contributed by atoms with Crippen molar-refractivity contribution in [2.75, 3.05) is 13.1 Å². The molecule has 2 aromatic rings. The number of carbonyl (C=O) groups excluding carboxylic acids is 1. The van der Waals surface area contributed by atoms with Crippen LogP contribution in [0.1, 0.15) is 52.9 Å². The second-order valence-corrected chi connectivity index (χ2v) is 6.62. The lowest BCUT2D eigenvalue weighted by atomic mass is 10.1. The molecular formula is C17H20N4O2. The number of hydrogen-bond donors (Lipinski definition) is 0. The maximum absolute atomic E-state index is 12.5. The molecule has 1 saturated heterocycles. The lowest BCUT2D eigenvalue weighted by Crippen LogP contribution is -2.29. The van der Waals surface area contributed by atoms with Gasteiger partial charge in [-0.2, -0.15) is 4.98 Å². The Morgan fingerprint density at radius 2 is 2.22 bits per heavy atom. The largest absolute Gasteiger partial charge is 0.339 e. The van der Waals surface area contributed by atoms with E-state index in [1.807, 2.05) is 24.0 Å². The lowest BCUT2D eigenvalue weighted by Gasteiger charge is -2.16. The molecule has 1 aliphatic heterocycles. The fourth-order valence-corrected chi connectivity index (χ4v) is 3.07. The van der Waals surface area contributed by atoms with Crippen molar-refractivity contribution in [3.05, 3.63) is 41.3 Å². The van der Waals surface area contributed by atoms with Crippen molar-refractivity contribution in [1.29, 1.82) is 0 Å². The van der Waals surface area contributed by atoms with Gasteiger partial charge in [0.15, 0.2) is 5.82 Å². The summed E-state index contributed by atoms with van der Waals surface area (Å²) in [5.74, 6) is 2.53.